The Morgan fingerprint density at radius 3 is 0.453 bits per heavy atom. The number of carbonyl (C=O) groups is 8. The minimum atomic E-state index is -5.68. The monoisotopic (exact) mass is 2130 g/mol. The van der Waals surface area contributed by atoms with Crippen LogP contribution < -0.4 is 0 Å². The Hall–Kier alpha value is -3.42. The number of carbonyl (C=O) groups excluding carboxylic acids is 8. The average Bonchev–Trinajstić information content (AvgIpc) is 0.775. The van der Waals surface area contributed by atoms with Crippen LogP contribution in [0, 0.1) is 0 Å². The van der Waals surface area contributed by atoms with Crippen LogP contribution in [-0.4, -0.2) is 256 Å². The molecule has 0 aromatic carbocycles. The molecule has 0 fully saturated rings. The molecule has 8 unspecified atom stereocenters. The fourth-order valence-corrected chi connectivity index (χ4v) is 63.5. The Labute approximate surface area is 774 Å². The number of rotatable bonds is 65. The molecule has 0 rings (SSSR count). The van der Waals surface area contributed by atoms with Gasteiger partial charge in [-0.2, -0.15) is 0 Å². The van der Waals surface area contributed by atoms with Gasteiger partial charge in [-0.1, -0.05) is 52.6 Å². The van der Waals surface area contributed by atoms with Gasteiger partial charge in [-0.05, 0) is 245 Å². The normalized spacial score (nSPS) is 16.6. The van der Waals surface area contributed by atoms with E-state index in [9.17, 15) is 43.2 Å². The van der Waals surface area contributed by atoms with Gasteiger partial charge >= 0.3 is 127 Å². The second kappa shape index (κ2) is 50.1. The summed E-state index contributed by atoms with van der Waals surface area (Å²) in [6.07, 6.45) is -8.48. The van der Waals surface area contributed by atoms with Crippen molar-refractivity contribution in [2.75, 3.05) is 49.8 Å². The molecule has 0 aliphatic rings. The van der Waals surface area contributed by atoms with Crippen LogP contribution in [0.25, 0.3) is 0 Å². The highest BCUT2D eigenvalue weighted by molar-refractivity contribution is 6.89. The molecule has 0 aromatic rings. The number of hydrogen-bond donors (Lipinski definition) is 1. The van der Waals surface area contributed by atoms with E-state index in [1.165, 1.54) is 55.4 Å². The van der Waals surface area contributed by atoms with Crippen molar-refractivity contribution in [2.24, 2.45) is 0 Å². The van der Waals surface area contributed by atoms with Crippen molar-refractivity contribution in [3.63, 3.8) is 0 Å². The molecular weight excluding hydrogens is 1990 g/mol. The predicted molar refractivity (Wildman–Crippen MR) is 508 cm³/mol. The van der Waals surface area contributed by atoms with Gasteiger partial charge in [-0.3, -0.25) is 0 Å². The highest BCUT2D eigenvalue weighted by Gasteiger charge is 2.67. The van der Waals surface area contributed by atoms with Crippen LogP contribution in [0.3, 0.4) is 0 Å². The van der Waals surface area contributed by atoms with Crippen LogP contribution in [0.5, 0.6) is 0 Å². The molecule has 1 N–H and O–H groups in total. The summed E-state index contributed by atoms with van der Waals surface area (Å²) in [6, 6.07) is 0. The fourth-order valence-electron chi connectivity index (χ4n) is 8.95. The number of hydrogen-bond acceptors (Lipinski definition) is 41. The van der Waals surface area contributed by atoms with Crippen LogP contribution in [0.15, 0.2) is 97.2 Å². The Kier molecular flexibility index (Phi) is 48.7. The minimum Gasteiger partial charge on any atom is -0.458 e. The Morgan fingerprint density at radius 2 is 0.305 bits per heavy atom. The lowest BCUT2D eigenvalue weighted by molar-refractivity contribution is -0.320. The van der Waals surface area contributed by atoms with Gasteiger partial charge in [0.25, 0.3) is 0 Å². The lowest BCUT2D eigenvalue weighted by Gasteiger charge is -2.42. The van der Waals surface area contributed by atoms with Crippen LogP contribution >= 0.6 is 0 Å². The molecule has 0 spiro atoms. The maximum atomic E-state index is 14.1. The van der Waals surface area contributed by atoms with Gasteiger partial charge in [0.05, 0.1) is 0 Å². The molecule has 8 atom stereocenters. The quantitative estimate of drug-likeness (QED) is 0.0148. The maximum Gasteiger partial charge on any atom is 0.584 e. The molecule has 128 heavy (non-hydrogen) atoms. The summed E-state index contributed by atoms with van der Waals surface area (Å²) in [6.45, 7) is 89.5. The van der Waals surface area contributed by atoms with Gasteiger partial charge in [0.2, 0.25) is 0 Å². The van der Waals surface area contributed by atoms with E-state index in [0.29, 0.717) is 0 Å². The Bertz CT molecular complexity index is 3900. The van der Waals surface area contributed by atoms with Gasteiger partial charge < -0.3 is 83.8 Å². The average molecular weight is 2140 g/mol. The van der Waals surface area contributed by atoms with Crippen LogP contribution in [0.2, 0.25) is 190 Å². The van der Waals surface area contributed by atoms with E-state index in [-0.39, 0.29) is 44.6 Å². The maximum absolute atomic E-state index is 14.1. The van der Waals surface area contributed by atoms with Gasteiger partial charge in [-0.15, -0.1) is 0 Å². The molecule has 0 aromatic heterocycles. The van der Waals surface area contributed by atoms with E-state index in [1.807, 2.05) is 19.6 Å². The molecule has 0 saturated carbocycles. The number of ether oxygens (including phenoxy) is 8. The molecule has 738 valence electrons. The summed E-state index contributed by atoms with van der Waals surface area (Å²) >= 11 is 0. The van der Waals surface area contributed by atoms with Crippen molar-refractivity contribution < 1.29 is 186 Å². The van der Waals surface area contributed by atoms with Crippen LogP contribution in [0.4, 0.5) is 0 Å². The highest BCUT2D eigenvalue weighted by Crippen LogP contribution is 2.36. The summed E-state index contributed by atoms with van der Waals surface area (Å²) in [5.41, 5.74) is -1.12. The van der Waals surface area contributed by atoms with E-state index in [2.05, 4.69) is 52.6 Å². The molecule has 0 radical (unpaired) electrons. The topological polar surface area (TPSA) is 452 Å². The van der Waals surface area contributed by atoms with E-state index >= 15 is 0 Å². The zero-order chi connectivity index (χ0) is 101. The van der Waals surface area contributed by atoms with E-state index in [0.717, 1.165) is 0 Å². The lowest BCUT2D eigenvalue weighted by Crippen LogP contribution is -2.67. The second-order valence-electron chi connectivity index (χ2n) is 38.9. The lowest BCUT2D eigenvalue weighted by atomic mass is 10.4. The molecule has 0 bridgehead atoms. The molecule has 0 aliphatic heterocycles. The van der Waals surface area contributed by atoms with E-state index in [1.54, 1.807) is 170 Å². The largest absolute Gasteiger partial charge is 0.584 e. The fraction of sp³-hybridized carbons (Fsp3) is 0.652. The van der Waals surface area contributed by atoms with E-state index < -0.39 is 251 Å². The summed E-state index contributed by atoms with van der Waals surface area (Å²) < 4.78 is 205. The van der Waals surface area contributed by atoms with Crippen molar-refractivity contribution in [2.45, 2.75) is 245 Å². The Morgan fingerprint density at radius 1 is 0.180 bits per heavy atom. The van der Waals surface area contributed by atoms with Gasteiger partial charge in [0.1, 0.15) is 0 Å². The standard InChI is InChI=1S/C69H144O41Si18/c1-54(2)62(70)79-46-121(78,102-112(20,21)22)87-88-122(103-113(23,24)25,47-80-63(71)55(3)4)89-90-123(104-114(26,27)28,48-81-64(72)56(5)6)91-92-124(105-115(29,30)31,49-82-65(73)57(7)8)93-94-125(106-116(32,33)34,50-83-66(74)58(9)10)95-96-126(107-117(35,36)37,51-84-67(75)59(11)12)97-98-127(108-118(38,39)40,52-85-68(76)60(13)14)99-100-128(109-119(41,42)43,53-86-69(77)61(15)16)110-120(44,45)101-111(17,18)19/h78H,1,3,5,7,9,11,13,15,46-53H2,2,4,6,8,10,12,14,16-45H3. The summed E-state index contributed by atoms with van der Waals surface area (Å²) in [4.78, 5) is 122. The third-order valence-corrected chi connectivity index (χ3v) is 59.7. The van der Waals surface area contributed by atoms with Crippen molar-refractivity contribution >= 4 is 202 Å². The van der Waals surface area contributed by atoms with Gasteiger partial charge in [0.15, 0.2) is 125 Å². The molecule has 0 aliphatic carbocycles. The zero-order valence-corrected chi connectivity index (χ0v) is 100. The summed E-state index contributed by atoms with van der Waals surface area (Å²) in [7, 11) is -75.6. The van der Waals surface area contributed by atoms with Crippen molar-refractivity contribution in [1.82, 2.24) is 0 Å². The minimum absolute atomic E-state index is 0.0175. The first-order chi connectivity index (χ1) is 57.1. The first kappa shape index (κ1) is 125. The van der Waals surface area contributed by atoms with Gasteiger partial charge in [0, 0.05) is 44.6 Å². The summed E-state index contributed by atoms with van der Waals surface area (Å²) in [5.74, 6) is -8.30. The van der Waals surface area contributed by atoms with Crippen molar-refractivity contribution in [1.29, 1.82) is 0 Å². The van der Waals surface area contributed by atoms with E-state index in [4.69, 9.17) is 143 Å². The smallest absolute Gasteiger partial charge is 0.458 e. The molecular formula is C69H144O41Si18. The highest BCUT2D eigenvalue weighted by atomic mass is 28.5. The SMILES string of the molecule is C=C(C)C(=O)OC[Si](O)(OO[Si](COC(=O)C(=C)C)(OO[Si](COC(=O)C(=C)C)(OO[Si](COC(=O)C(=C)C)(OO[Si](COC(=O)C(=C)C)(OO[Si](COC(=O)C(=C)C)(OO[Si](COC(=O)C(=C)C)(OO[Si](COC(=O)C(=C)C)(O[Si](C)(C)C)O[Si](C)(C)O[Si](C)(C)C)O[Si](C)(C)C)O[Si](C)(C)C)O[Si](C)(C)C)O[Si](C)(C)C)O[Si](C)(C)C)O[Si](C)(C)C)O[Si](C)(C)C. The molecule has 41 nitrogen and oxygen atoms in total. The van der Waals surface area contributed by atoms with Crippen molar-refractivity contribution in [3.8, 4) is 0 Å². The summed E-state index contributed by atoms with van der Waals surface area (Å²) in [5, 5.41) is 0. The third-order valence-electron chi connectivity index (χ3n) is 12.6. The zero-order valence-electron chi connectivity index (χ0n) is 82.1. The molecule has 0 saturated heterocycles. The number of esters is 8. The van der Waals surface area contributed by atoms with Crippen molar-refractivity contribution in [3.05, 3.63) is 97.2 Å². The second-order valence-corrected chi connectivity index (χ2v) is 104. The van der Waals surface area contributed by atoms with Gasteiger partial charge in [-0.25, -0.2) is 102 Å². The first-order valence-electron chi connectivity index (χ1n) is 40.1. The van der Waals surface area contributed by atoms with Crippen LogP contribution in [-0.2, 0) is 181 Å². The third kappa shape index (κ3) is 52.6. The first-order valence-corrected chi connectivity index (χ1v) is 89.0. The molecule has 59 heteroatoms. The molecule has 0 heterocycles. The Balaban J connectivity index is 10.4. The van der Waals surface area contributed by atoms with Crippen LogP contribution in [0.1, 0.15) is 55.4 Å². The predicted octanol–water partition coefficient (Wildman–Crippen LogP) is 12.8. The molecule has 0 amide bonds.